The largest absolute Gasteiger partial charge is 0.480 e. The van der Waals surface area contributed by atoms with E-state index >= 15 is 0 Å². The SMILES string of the molecule is CC(C)CC(=O)NC1(C(=O)O)CCC1. The molecule has 0 aliphatic heterocycles. The highest BCUT2D eigenvalue weighted by Crippen LogP contribution is 2.32. The van der Waals surface area contributed by atoms with E-state index in [1.807, 2.05) is 13.8 Å². The minimum atomic E-state index is -0.952. The van der Waals surface area contributed by atoms with Crippen LogP contribution in [0.25, 0.3) is 0 Å². The molecule has 4 nitrogen and oxygen atoms in total. The van der Waals surface area contributed by atoms with Gasteiger partial charge in [-0.1, -0.05) is 13.8 Å². The monoisotopic (exact) mass is 199 g/mol. The highest BCUT2D eigenvalue weighted by molar-refractivity contribution is 5.87. The lowest BCUT2D eigenvalue weighted by Gasteiger charge is -2.38. The van der Waals surface area contributed by atoms with Crippen LogP contribution in [0.5, 0.6) is 0 Å². The third kappa shape index (κ3) is 2.25. The fourth-order valence-corrected chi connectivity index (χ4v) is 1.61. The topological polar surface area (TPSA) is 66.4 Å². The Hall–Kier alpha value is -1.06. The van der Waals surface area contributed by atoms with Crippen LogP contribution < -0.4 is 5.32 Å². The van der Waals surface area contributed by atoms with Gasteiger partial charge in [-0.2, -0.15) is 0 Å². The number of hydrogen-bond donors (Lipinski definition) is 2. The first-order valence-electron chi connectivity index (χ1n) is 5.01. The number of hydrogen-bond acceptors (Lipinski definition) is 2. The minimum absolute atomic E-state index is 0.151. The summed E-state index contributed by atoms with van der Waals surface area (Å²) in [7, 11) is 0. The molecule has 0 radical (unpaired) electrons. The fourth-order valence-electron chi connectivity index (χ4n) is 1.61. The summed E-state index contributed by atoms with van der Waals surface area (Å²) in [6.45, 7) is 3.88. The zero-order valence-corrected chi connectivity index (χ0v) is 8.67. The highest BCUT2D eigenvalue weighted by atomic mass is 16.4. The number of rotatable bonds is 4. The summed E-state index contributed by atoms with van der Waals surface area (Å²) in [6.07, 6.45) is 2.40. The summed E-state index contributed by atoms with van der Waals surface area (Å²) in [4.78, 5) is 22.3. The zero-order valence-electron chi connectivity index (χ0n) is 8.67. The maximum Gasteiger partial charge on any atom is 0.329 e. The second-order valence-corrected chi connectivity index (χ2v) is 4.39. The summed E-state index contributed by atoms with van der Waals surface area (Å²) in [5.41, 5.74) is -0.952. The number of carbonyl (C=O) groups excluding carboxylic acids is 1. The molecule has 4 heteroatoms. The van der Waals surface area contributed by atoms with Crippen molar-refractivity contribution in [1.29, 1.82) is 0 Å². The van der Waals surface area contributed by atoms with Gasteiger partial charge >= 0.3 is 5.97 Å². The average Bonchev–Trinajstić information content (AvgIpc) is 1.94. The Morgan fingerprint density at radius 3 is 2.29 bits per heavy atom. The Labute approximate surface area is 83.7 Å². The van der Waals surface area contributed by atoms with Crippen molar-refractivity contribution in [2.24, 2.45) is 5.92 Å². The molecule has 0 heterocycles. The van der Waals surface area contributed by atoms with Gasteiger partial charge in [0.15, 0.2) is 0 Å². The van der Waals surface area contributed by atoms with Crippen molar-refractivity contribution in [2.75, 3.05) is 0 Å². The van der Waals surface area contributed by atoms with E-state index in [2.05, 4.69) is 5.32 Å². The summed E-state index contributed by atoms with van der Waals surface area (Å²) < 4.78 is 0. The average molecular weight is 199 g/mol. The molecule has 1 aliphatic rings. The molecule has 0 bridgehead atoms. The molecule has 1 amide bonds. The molecule has 1 fully saturated rings. The fraction of sp³-hybridized carbons (Fsp3) is 0.800. The van der Waals surface area contributed by atoms with E-state index in [1.165, 1.54) is 0 Å². The molecule has 80 valence electrons. The highest BCUT2D eigenvalue weighted by Gasteiger charge is 2.45. The van der Waals surface area contributed by atoms with Crippen molar-refractivity contribution in [3.8, 4) is 0 Å². The van der Waals surface area contributed by atoms with Gasteiger partial charge in [-0.05, 0) is 25.2 Å². The van der Waals surface area contributed by atoms with E-state index in [-0.39, 0.29) is 11.8 Å². The van der Waals surface area contributed by atoms with Gasteiger partial charge in [-0.15, -0.1) is 0 Å². The predicted octanol–water partition coefficient (Wildman–Crippen LogP) is 1.16. The van der Waals surface area contributed by atoms with Crippen molar-refractivity contribution in [3.63, 3.8) is 0 Å². The summed E-state index contributed by atoms with van der Waals surface area (Å²) in [6, 6.07) is 0. The van der Waals surface area contributed by atoms with E-state index in [0.717, 1.165) is 6.42 Å². The van der Waals surface area contributed by atoms with Crippen molar-refractivity contribution in [3.05, 3.63) is 0 Å². The first kappa shape index (κ1) is 11.0. The van der Waals surface area contributed by atoms with E-state index in [9.17, 15) is 9.59 Å². The summed E-state index contributed by atoms with van der Waals surface area (Å²) in [5.74, 6) is -0.788. The summed E-state index contributed by atoms with van der Waals surface area (Å²) in [5, 5.41) is 11.6. The van der Waals surface area contributed by atoms with Crippen LogP contribution in [0.2, 0.25) is 0 Å². The molecule has 1 rings (SSSR count). The molecule has 0 spiro atoms. The van der Waals surface area contributed by atoms with Crippen molar-refractivity contribution in [1.82, 2.24) is 5.32 Å². The maximum absolute atomic E-state index is 11.4. The van der Waals surface area contributed by atoms with Crippen LogP contribution >= 0.6 is 0 Å². The Morgan fingerprint density at radius 2 is 2.00 bits per heavy atom. The standard InChI is InChI=1S/C10H17NO3/c1-7(2)6-8(12)11-10(9(13)14)4-3-5-10/h7H,3-6H2,1-2H3,(H,11,12)(H,13,14). The van der Waals surface area contributed by atoms with Gasteiger partial charge in [-0.25, -0.2) is 4.79 Å². The predicted molar refractivity (Wildman–Crippen MR) is 51.8 cm³/mol. The third-order valence-electron chi connectivity index (χ3n) is 2.59. The number of nitrogens with one attached hydrogen (secondary N) is 1. The van der Waals surface area contributed by atoms with Crippen molar-refractivity contribution >= 4 is 11.9 Å². The van der Waals surface area contributed by atoms with E-state index < -0.39 is 11.5 Å². The van der Waals surface area contributed by atoms with Gasteiger partial charge in [0, 0.05) is 6.42 Å². The van der Waals surface area contributed by atoms with Crippen LogP contribution in [0.15, 0.2) is 0 Å². The molecule has 0 saturated heterocycles. The molecular formula is C10H17NO3. The Bertz CT molecular complexity index is 244. The van der Waals surface area contributed by atoms with Crippen LogP contribution in [0.3, 0.4) is 0 Å². The zero-order chi connectivity index (χ0) is 10.8. The molecule has 14 heavy (non-hydrogen) atoms. The molecule has 1 aliphatic carbocycles. The number of carboxylic acid groups (broad SMARTS) is 1. The maximum atomic E-state index is 11.4. The third-order valence-corrected chi connectivity index (χ3v) is 2.59. The van der Waals surface area contributed by atoms with Gasteiger partial charge < -0.3 is 10.4 Å². The Kier molecular flexibility index (Phi) is 3.13. The first-order valence-corrected chi connectivity index (χ1v) is 5.01. The lowest BCUT2D eigenvalue weighted by Crippen LogP contribution is -2.59. The Balaban J connectivity index is 2.49. The van der Waals surface area contributed by atoms with Gasteiger partial charge in [0.25, 0.3) is 0 Å². The lowest BCUT2D eigenvalue weighted by atomic mass is 9.76. The van der Waals surface area contributed by atoms with Gasteiger partial charge in [0.1, 0.15) is 5.54 Å². The van der Waals surface area contributed by atoms with Gasteiger partial charge in [0.2, 0.25) is 5.91 Å². The van der Waals surface area contributed by atoms with E-state index in [0.29, 0.717) is 19.3 Å². The molecule has 0 unspecified atom stereocenters. The molecule has 1 saturated carbocycles. The quantitative estimate of drug-likeness (QED) is 0.714. The van der Waals surface area contributed by atoms with Crippen LogP contribution in [0.1, 0.15) is 39.5 Å². The smallest absolute Gasteiger partial charge is 0.329 e. The number of carbonyl (C=O) groups is 2. The molecule has 0 aromatic heterocycles. The van der Waals surface area contributed by atoms with Crippen molar-refractivity contribution in [2.45, 2.75) is 45.1 Å². The number of aliphatic carboxylic acids is 1. The molecule has 0 aromatic carbocycles. The van der Waals surface area contributed by atoms with Crippen LogP contribution in [0.4, 0.5) is 0 Å². The van der Waals surface area contributed by atoms with Crippen LogP contribution in [-0.4, -0.2) is 22.5 Å². The van der Waals surface area contributed by atoms with Crippen LogP contribution in [0, 0.1) is 5.92 Å². The number of carboxylic acids is 1. The molecular weight excluding hydrogens is 182 g/mol. The van der Waals surface area contributed by atoms with Gasteiger partial charge in [0.05, 0.1) is 0 Å². The van der Waals surface area contributed by atoms with Gasteiger partial charge in [-0.3, -0.25) is 4.79 Å². The molecule has 0 aromatic rings. The normalized spacial score (nSPS) is 18.8. The van der Waals surface area contributed by atoms with E-state index in [4.69, 9.17) is 5.11 Å². The Morgan fingerprint density at radius 1 is 1.43 bits per heavy atom. The van der Waals surface area contributed by atoms with Crippen LogP contribution in [-0.2, 0) is 9.59 Å². The number of amides is 1. The minimum Gasteiger partial charge on any atom is -0.480 e. The second kappa shape index (κ2) is 3.98. The molecule has 2 N–H and O–H groups in total. The molecule has 0 atom stereocenters. The lowest BCUT2D eigenvalue weighted by molar-refractivity contribution is -0.151. The van der Waals surface area contributed by atoms with E-state index in [1.54, 1.807) is 0 Å². The second-order valence-electron chi connectivity index (χ2n) is 4.39. The first-order chi connectivity index (χ1) is 6.46. The summed E-state index contributed by atoms with van der Waals surface area (Å²) >= 11 is 0. The van der Waals surface area contributed by atoms with Crippen molar-refractivity contribution < 1.29 is 14.7 Å².